The van der Waals surface area contributed by atoms with Crippen molar-refractivity contribution >= 4 is 29.3 Å². The first-order valence-electron chi connectivity index (χ1n) is 11.0. The van der Waals surface area contributed by atoms with Crippen molar-refractivity contribution in [1.29, 1.82) is 0 Å². The highest BCUT2D eigenvalue weighted by atomic mass is 16.2. The van der Waals surface area contributed by atoms with Gasteiger partial charge in [-0.2, -0.15) is 0 Å². The molecule has 0 radical (unpaired) electrons. The maximum Gasteiger partial charge on any atom is 0.280 e. The Kier molecular flexibility index (Phi) is 4.51. The predicted molar refractivity (Wildman–Crippen MR) is 117 cm³/mol. The van der Waals surface area contributed by atoms with E-state index in [1.807, 2.05) is 6.07 Å². The van der Waals surface area contributed by atoms with E-state index in [1.54, 1.807) is 35.4 Å². The minimum absolute atomic E-state index is 0.189. The molecule has 11 heteroatoms. The summed E-state index contributed by atoms with van der Waals surface area (Å²) in [5.74, 6) is -1.31. The fourth-order valence-electron chi connectivity index (χ4n) is 4.73. The third kappa shape index (κ3) is 3.16. The summed E-state index contributed by atoms with van der Waals surface area (Å²) in [5.41, 5.74) is 3.67. The highest BCUT2D eigenvalue weighted by Gasteiger charge is 2.39. The van der Waals surface area contributed by atoms with Gasteiger partial charge in [0.2, 0.25) is 11.8 Å². The van der Waals surface area contributed by atoms with Gasteiger partial charge in [-0.25, -0.2) is 4.68 Å². The number of nitrogens with zero attached hydrogens (tertiary/aromatic N) is 6. The first-order valence-corrected chi connectivity index (χ1v) is 11.0. The molecule has 0 aliphatic carbocycles. The zero-order chi connectivity index (χ0) is 23.4. The van der Waals surface area contributed by atoms with Gasteiger partial charge in [0.15, 0.2) is 5.69 Å². The van der Waals surface area contributed by atoms with E-state index in [9.17, 15) is 19.2 Å². The van der Waals surface area contributed by atoms with E-state index in [4.69, 9.17) is 0 Å². The number of hydrogen-bond donors (Lipinski definition) is 1. The average Bonchev–Trinajstić information content (AvgIpc) is 3.56. The quantitative estimate of drug-likeness (QED) is 0.571. The first-order chi connectivity index (χ1) is 16.5. The third-order valence-electron chi connectivity index (χ3n) is 6.46. The van der Waals surface area contributed by atoms with Crippen molar-refractivity contribution in [3.05, 3.63) is 65.2 Å². The minimum atomic E-state index is -0.672. The summed E-state index contributed by atoms with van der Waals surface area (Å²) in [7, 11) is 0. The number of nitrogens with one attached hydrogen (secondary N) is 1. The van der Waals surface area contributed by atoms with Crippen molar-refractivity contribution in [2.75, 3.05) is 11.4 Å². The van der Waals surface area contributed by atoms with Gasteiger partial charge in [0.1, 0.15) is 6.04 Å². The number of rotatable bonds is 3. The minimum Gasteiger partial charge on any atom is -0.322 e. The van der Waals surface area contributed by atoms with Crippen LogP contribution in [0.1, 0.15) is 44.9 Å². The van der Waals surface area contributed by atoms with Crippen LogP contribution in [0.15, 0.2) is 42.7 Å². The summed E-state index contributed by atoms with van der Waals surface area (Å²) in [4.78, 5) is 57.2. The van der Waals surface area contributed by atoms with E-state index in [1.165, 1.54) is 15.8 Å². The van der Waals surface area contributed by atoms with E-state index in [-0.39, 0.29) is 29.8 Å². The van der Waals surface area contributed by atoms with Gasteiger partial charge in [-0.1, -0.05) is 11.3 Å². The molecule has 4 amide bonds. The Morgan fingerprint density at radius 2 is 2.00 bits per heavy atom. The van der Waals surface area contributed by atoms with Crippen LogP contribution in [-0.4, -0.2) is 61.1 Å². The molecule has 5 heterocycles. The molecule has 170 valence electrons. The molecule has 6 rings (SSSR count). The van der Waals surface area contributed by atoms with Crippen LogP contribution in [0, 0.1) is 0 Å². The highest BCUT2D eigenvalue weighted by Crippen LogP contribution is 2.30. The lowest BCUT2D eigenvalue weighted by atomic mass is 10.0. The third-order valence-corrected chi connectivity index (χ3v) is 6.46. The fraction of sp³-hybridized carbons (Fsp3) is 0.261. The number of carbonyl (C=O) groups is 4. The van der Waals surface area contributed by atoms with E-state index in [0.717, 1.165) is 16.9 Å². The average molecular weight is 457 g/mol. The molecule has 11 nitrogen and oxygen atoms in total. The van der Waals surface area contributed by atoms with Crippen LogP contribution >= 0.6 is 0 Å². The molecule has 1 N–H and O–H groups in total. The van der Waals surface area contributed by atoms with E-state index in [2.05, 4.69) is 20.6 Å². The summed E-state index contributed by atoms with van der Waals surface area (Å²) < 4.78 is 1.45. The Bertz CT molecular complexity index is 1380. The van der Waals surface area contributed by atoms with Gasteiger partial charge in [0.25, 0.3) is 11.8 Å². The van der Waals surface area contributed by atoms with Crippen LogP contribution in [0.4, 0.5) is 5.69 Å². The van der Waals surface area contributed by atoms with Crippen LogP contribution in [0.25, 0.3) is 5.69 Å². The summed E-state index contributed by atoms with van der Waals surface area (Å²) in [6, 6.07) is 8.26. The molecule has 0 saturated carbocycles. The van der Waals surface area contributed by atoms with Crippen LogP contribution in [0.3, 0.4) is 0 Å². The summed E-state index contributed by atoms with van der Waals surface area (Å²) >= 11 is 0. The predicted octanol–water partition coefficient (Wildman–Crippen LogP) is 0.626. The number of amides is 4. The Morgan fingerprint density at radius 3 is 2.85 bits per heavy atom. The van der Waals surface area contributed by atoms with Crippen molar-refractivity contribution in [2.24, 2.45) is 0 Å². The smallest absolute Gasteiger partial charge is 0.280 e. The summed E-state index contributed by atoms with van der Waals surface area (Å²) in [5, 5.41) is 10.4. The molecule has 0 spiro atoms. The topological polar surface area (TPSA) is 130 Å². The van der Waals surface area contributed by atoms with Gasteiger partial charge < -0.3 is 9.80 Å². The van der Waals surface area contributed by atoms with E-state index >= 15 is 0 Å². The van der Waals surface area contributed by atoms with Crippen LogP contribution in [-0.2, 0) is 22.6 Å². The number of hydrogen-bond acceptors (Lipinski definition) is 7. The molecular formula is C23H19N7O4. The standard InChI is InChI=1S/C23H19N7O4/c31-20-6-5-19(21(32)25-20)29-11-13-3-4-14(10-15(13)22(29)33)30-12-17(26-27-30)23(34)28-9-7-16-18(28)2-1-8-24-16/h1-4,8,10,12,19H,5-7,9,11H2,(H,25,31,32). The molecule has 34 heavy (non-hydrogen) atoms. The maximum absolute atomic E-state index is 13.1. The highest BCUT2D eigenvalue weighted by molar-refractivity contribution is 6.06. The lowest BCUT2D eigenvalue weighted by Gasteiger charge is -2.29. The van der Waals surface area contributed by atoms with Gasteiger partial charge >= 0.3 is 0 Å². The number of pyridine rings is 1. The Balaban J connectivity index is 1.23. The zero-order valence-electron chi connectivity index (χ0n) is 18.0. The number of carbonyl (C=O) groups excluding carboxylic acids is 4. The molecule has 1 atom stereocenters. The largest absolute Gasteiger partial charge is 0.322 e. The van der Waals surface area contributed by atoms with Gasteiger partial charge in [-0.3, -0.25) is 29.5 Å². The fourth-order valence-corrected chi connectivity index (χ4v) is 4.73. The second-order valence-electron chi connectivity index (χ2n) is 8.47. The molecular weight excluding hydrogens is 438 g/mol. The number of imide groups is 1. The maximum atomic E-state index is 13.1. The van der Waals surface area contributed by atoms with Crippen molar-refractivity contribution in [3.8, 4) is 5.69 Å². The molecule has 3 aliphatic heterocycles. The molecule has 1 aromatic carbocycles. The Labute approximate surface area is 193 Å². The molecule has 0 bridgehead atoms. The summed E-state index contributed by atoms with van der Waals surface area (Å²) in [6.45, 7) is 0.825. The molecule has 2 aromatic heterocycles. The monoisotopic (exact) mass is 457 g/mol. The normalized spacial score (nSPS) is 19.3. The second kappa shape index (κ2) is 7.58. The van der Waals surface area contributed by atoms with Crippen LogP contribution in [0.2, 0.25) is 0 Å². The van der Waals surface area contributed by atoms with Gasteiger partial charge in [-0.05, 0) is 36.2 Å². The molecule has 1 fully saturated rings. The number of benzene rings is 1. The van der Waals surface area contributed by atoms with E-state index < -0.39 is 11.9 Å². The van der Waals surface area contributed by atoms with Crippen molar-refractivity contribution < 1.29 is 19.2 Å². The molecule has 1 saturated heterocycles. The van der Waals surface area contributed by atoms with E-state index in [0.29, 0.717) is 37.2 Å². The van der Waals surface area contributed by atoms with Crippen molar-refractivity contribution in [2.45, 2.75) is 31.8 Å². The molecule has 3 aliphatic rings. The molecule has 1 unspecified atom stereocenters. The second-order valence-corrected chi connectivity index (χ2v) is 8.47. The Morgan fingerprint density at radius 1 is 1.12 bits per heavy atom. The van der Waals surface area contributed by atoms with Crippen molar-refractivity contribution in [3.63, 3.8) is 0 Å². The lowest BCUT2D eigenvalue weighted by Crippen LogP contribution is -2.52. The first kappa shape index (κ1) is 20.2. The lowest BCUT2D eigenvalue weighted by molar-refractivity contribution is -0.136. The number of anilines is 1. The molecule has 3 aromatic rings. The van der Waals surface area contributed by atoms with Crippen LogP contribution in [0.5, 0.6) is 0 Å². The van der Waals surface area contributed by atoms with Gasteiger partial charge in [0.05, 0.1) is 23.3 Å². The summed E-state index contributed by atoms with van der Waals surface area (Å²) in [6.07, 6.45) is 4.44. The van der Waals surface area contributed by atoms with Crippen LogP contribution < -0.4 is 10.2 Å². The van der Waals surface area contributed by atoms with Gasteiger partial charge in [0, 0.05) is 37.7 Å². The van der Waals surface area contributed by atoms with Crippen molar-refractivity contribution in [1.82, 2.24) is 30.2 Å². The Hall–Kier alpha value is -4.41. The van der Waals surface area contributed by atoms with Gasteiger partial charge in [-0.15, -0.1) is 5.10 Å². The number of fused-ring (bicyclic) bond motifs is 2. The number of aromatic nitrogens is 4. The zero-order valence-corrected chi connectivity index (χ0v) is 18.0. The SMILES string of the molecule is O=C1CCC(N2Cc3ccc(-n4cc(C(=O)N5CCc6ncccc65)nn4)cc3C2=O)C(=O)N1. The number of piperidine rings is 1.